The molecule has 0 spiro atoms. The molecule has 0 radical (unpaired) electrons. The van der Waals surface area contributed by atoms with Crippen LogP contribution in [0, 0.1) is 23.7 Å². The lowest BCUT2D eigenvalue weighted by molar-refractivity contribution is -0.173. The number of carbonyl (C=O) groups is 3. The minimum Gasteiger partial charge on any atom is -0.465 e. The van der Waals surface area contributed by atoms with Gasteiger partial charge in [0.2, 0.25) is 0 Å². The molecule has 1 saturated carbocycles. The van der Waals surface area contributed by atoms with Crippen molar-refractivity contribution in [3.63, 3.8) is 0 Å². The number of hydrogen-bond acceptors (Lipinski definition) is 6. The van der Waals surface area contributed by atoms with Crippen LogP contribution in [0.15, 0.2) is 24.3 Å². The fraction of sp³-hybridized carbons (Fsp3) is 0.667. The largest absolute Gasteiger partial charge is 0.465 e. The van der Waals surface area contributed by atoms with E-state index in [4.69, 9.17) is 9.47 Å². The fourth-order valence-electron chi connectivity index (χ4n) is 4.30. The van der Waals surface area contributed by atoms with Crippen LogP contribution in [0.25, 0.3) is 0 Å². The van der Waals surface area contributed by atoms with Crippen molar-refractivity contribution in [2.75, 3.05) is 13.2 Å². The Morgan fingerprint density at radius 1 is 1.00 bits per heavy atom. The number of rotatable bonds is 7. The molecule has 6 heteroatoms. The quantitative estimate of drug-likeness (QED) is 0.478. The van der Waals surface area contributed by atoms with Gasteiger partial charge >= 0.3 is 11.9 Å². The van der Waals surface area contributed by atoms with E-state index in [2.05, 4.69) is 20.8 Å². The van der Waals surface area contributed by atoms with Gasteiger partial charge in [-0.05, 0) is 35.3 Å². The van der Waals surface area contributed by atoms with Crippen LogP contribution in [0.4, 0.5) is 0 Å². The molecule has 0 amide bonds. The Balaban J connectivity index is 2.56. The molecule has 0 bridgehead atoms. The lowest BCUT2D eigenvalue weighted by Gasteiger charge is -2.43. The van der Waals surface area contributed by atoms with Crippen LogP contribution in [0.1, 0.15) is 78.9 Å². The van der Waals surface area contributed by atoms with Crippen molar-refractivity contribution in [3.05, 3.63) is 35.4 Å². The average molecular weight is 461 g/mol. The smallest absolute Gasteiger partial charge is 0.317 e. The second kappa shape index (κ2) is 10.4. The summed E-state index contributed by atoms with van der Waals surface area (Å²) in [5.41, 5.74) is -0.0161. The van der Waals surface area contributed by atoms with Gasteiger partial charge in [-0.15, -0.1) is 0 Å². The number of Topliss-reactive ketones (excluding diaryl/α,β-unsaturated/α-hetero) is 1. The minimum absolute atomic E-state index is 0.0857. The molecule has 6 nitrogen and oxygen atoms in total. The molecular formula is C27H40O6. The Morgan fingerprint density at radius 2 is 1.48 bits per heavy atom. The molecular weight excluding hydrogens is 420 g/mol. The van der Waals surface area contributed by atoms with E-state index in [0.29, 0.717) is 5.56 Å². The molecule has 184 valence electrons. The predicted octanol–water partition coefficient (Wildman–Crippen LogP) is 4.42. The maximum Gasteiger partial charge on any atom is 0.317 e. The number of hydrogen-bond donors (Lipinski definition) is 1. The van der Waals surface area contributed by atoms with E-state index in [1.807, 2.05) is 52.0 Å². The van der Waals surface area contributed by atoms with E-state index in [1.165, 1.54) is 6.92 Å². The van der Waals surface area contributed by atoms with Gasteiger partial charge in [-0.2, -0.15) is 0 Å². The van der Waals surface area contributed by atoms with Gasteiger partial charge in [0.25, 0.3) is 0 Å². The van der Waals surface area contributed by atoms with Crippen molar-refractivity contribution in [1.82, 2.24) is 0 Å². The lowest BCUT2D eigenvalue weighted by atomic mass is 9.61. The number of ketones is 1. The second-order valence-corrected chi connectivity index (χ2v) is 11.4. The molecule has 4 atom stereocenters. The van der Waals surface area contributed by atoms with E-state index < -0.39 is 41.1 Å². The van der Waals surface area contributed by atoms with E-state index >= 15 is 0 Å². The van der Waals surface area contributed by atoms with Gasteiger partial charge in [-0.25, -0.2) is 0 Å². The molecule has 1 aromatic rings. The number of carbonyl (C=O) groups excluding carboxylic acids is 3. The highest BCUT2D eigenvalue weighted by Crippen LogP contribution is 2.47. The fourth-order valence-corrected chi connectivity index (χ4v) is 4.30. The van der Waals surface area contributed by atoms with Crippen LogP contribution in [0.3, 0.4) is 0 Å². The van der Waals surface area contributed by atoms with Gasteiger partial charge in [-0.1, -0.05) is 72.7 Å². The van der Waals surface area contributed by atoms with Crippen LogP contribution < -0.4 is 0 Å². The molecule has 1 fully saturated rings. The third-order valence-corrected chi connectivity index (χ3v) is 6.05. The first kappa shape index (κ1) is 27.0. The first-order valence-corrected chi connectivity index (χ1v) is 11.8. The van der Waals surface area contributed by atoms with E-state index in [-0.39, 0.29) is 36.9 Å². The maximum absolute atomic E-state index is 13.2. The summed E-state index contributed by atoms with van der Waals surface area (Å²) in [7, 11) is 0. The van der Waals surface area contributed by atoms with Crippen molar-refractivity contribution in [2.24, 2.45) is 23.7 Å². The number of esters is 2. The zero-order valence-corrected chi connectivity index (χ0v) is 21.3. The monoisotopic (exact) mass is 460 g/mol. The third kappa shape index (κ3) is 6.66. The zero-order valence-electron chi connectivity index (χ0n) is 21.3. The highest BCUT2D eigenvalue weighted by Gasteiger charge is 2.57. The lowest BCUT2D eigenvalue weighted by Crippen LogP contribution is -2.55. The standard InChI is InChI=1S/C27H40O6/c1-16(2)14-32-24(29)22-20(28)13-27(8,31)23(25(30)33-15-17(3)4)21(22)18-9-11-19(12-10-18)26(5,6)7/h9-12,16-17,21-23,31H,13-15H2,1-8H3/t21-,22-,23-,27+/m1/s1. The third-order valence-electron chi connectivity index (χ3n) is 6.05. The summed E-state index contributed by atoms with van der Waals surface area (Å²) in [6.07, 6.45) is -0.313. The van der Waals surface area contributed by atoms with Crippen LogP contribution in [0.2, 0.25) is 0 Å². The molecule has 33 heavy (non-hydrogen) atoms. The highest BCUT2D eigenvalue weighted by molar-refractivity contribution is 6.02. The summed E-state index contributed by atoms with van der Waals surface area (Å²) >= 11 is 0. The van der Waals surface area contributed by atoms with Crippen LogP contribution in [0.5, 0.6) is 0 Å². The van der Waals surface area contributed by atoms with Crippen molar-refractivity contribution in [1.29, 1.82) is 0 Å². The minimum atomic E-state index is -1.65. The van der Waals surface area contributed by atoms with E-state index in [1.54, 1.807) is 0 Å². The molecule has 0 saturated heterocycles. The summed E-state index contributed by atoms with van der Waals surface area (Å²) < 4.78 is 11.0. The molecule has 1 aromatic carbocycles. The number of ether oxygens (including phenoxy) is 2. The van der Waals surface area contributed by atoms with Gasteiger partial charge in [0.1, 0.15) is 5.92 Å². The van der Waals surface area contributed by atoms with Crippen molar-refractivity contribution < 1.29 is 29.0 Å². The van der Waals surface area contributed by atoms with Crippen LogP contribution >= 0.6 is 0 Å². The van der Waals surface area contributed by atoms with Crippen LogP contribution in [-0.2, 0) is 29.3 Å². The second-order valence-electron chi connectivity index (χ2n) is 11.4. The predicted molar refractivity (Wildman–Crippen MR) is 127 cm³/mol. The Hall–Kier alpha value is -2.21. The average Bonchev–Trinajstić information content (AvgIpc) is 2.68. The number of aliphatic hydroxyl groups is 1. The Morgan fingerprint density at radius 3 is 1.94 bits per heavy atom. The topological polar surface area (TPSA) is 89.9 Å². The van der Waals surface area contributed by atoms with Gasteiger partial charge < -0.3 is 14.6 Å². The van der Waals surface area contributed by atoms with E-state index in [9.17, 15) is 19.5 Å². The summed E-state index contributed by atoms with van der Waals surface area (Å²) in [6, 6.07) is 7.56. The van der Waals surface area contributed by atoms with E-state index in [0.717, 1.165) is 5.56 Å². The van der Waals surface area contributed by atoms with Crippen molar-refractivity contribution >= 4 is 17.7 Å². The summed E-state index contributed by atoms with van der Waals surface area (Å²) in [6.45, 7) is 15.8. The SMILES string of the molecule is CC(C)COC(=O)[C@@H]1C(=O)C[C@](C)(O)[C@@H](C(=O)OCC(C)C)[C@@H]1c1ccc(C(C)(C)C)cc1. The molecule has 2 rings (SSSR count). The van der Waals surface area contributed by atoms with Gasteiger partial charge in [-0.3, -0.25) is 14.4 Å². The van der Waals surface area contributed by atoms with Crippen LogP contribution in [-0.4, -0.2) is 41.6 Å². The Labute approximate surface area is 198 Å². The first-order chi connectivity index (χ1) is 15.1. The first-order valence-electron chi connectivity index (χ1n) is 11.8. The van der Waals surface area contributed by atoms with Crippen molar-refractivity contribution in [2.45, 2.75) is 78.7 Å². The highest BCUT2D eigenvalue weighted by atomic mass is 16.5. The number of benzene rings is 1. The maximum atomic E-state index is 13.2. The van der Waals surface area contributed by atoms with Gasteiger partial charge in [0.05, 0.1) is 24.7 Å². The molecule has 0 heterocycles. The van der Waals surface area contributed by atoms with Gasteiger partial charge in [0.15, 0.2) is 5.78 Å². The molecule has 1 N–H and O–H groups in total. The molecule has 1 aliphatic carbocycles. The molecule has 0 aromatic heterocycles. The molecule has 0 unspecified atom stereocenters. The van der Waals surface area contributed by atoms with Gasteiger partial charge in [0, 0.05) is 12.3 Å². The summed E-state index contributed by atoms with van der Waals surface area (Å²) in [5.74, 6) is -4.61. The zero-order chi connectivity index (χ0) is 25.1. The Kier molecular flexibility index (Phi) is 8.50. The summed E-state index contributed by atoms with van der Waals surface area (Å²) in [5, 5.41) is 11.2. The molecule has 1 aliphatic rings. The van der Waals surface area contributed by atoms with Crippen molar-refractivity contribution in [3.8, 4) is 0 Å². The normalized spacial score (nSPS) is 25.9. The molecule has 0 aliphatic heterocycles. The Bertz CT molecular complexity index is 844. The summed E-state index contributed by atoms with van der Waals surface area (Å²) in [4.78, 5) is 39.4.